The molecule has 0 amide bonds. The number of para-hydroxylation sites is 1. The molecule has 0 saturated heterocycles. The molecule has 0 saturated carbocycles. The Morgan fingerprint density at radius 1 is 0.765 bits per heavy atom. The molecule has 0 bridgehead atoms. The highest BCUT2D eigenvalue weighted by Crippen LogP contribution is 2.54. The van der Waals surface area contributed by atoms with Gasteiger partial charge in [0.05, 0.1) is 17.3 Å². The molecule has 4 nitrogen and oxygen atoms in total. The molecule has 2 aromatic heterocycles. The summed E-state index contributed by atoms with van der Waals surface area (Å²) in [5, 5.41) is 0. The largest absolute Gasteiger partial charge is 0.426 e. The van der Waals surface area contributed by atoms with Crippen LogP contribution in [0.15, 0.2) is 97.3 Å². The molecule has 0 aliphatic heterocycles. The Bertz CT molecular complexity index is 1240. The summed E-state index contributed by atoms with van der Waals surface area (Å²) in [6, 6.07) is 28.1. The van der Waals surface area contributed by atoms with E-state index in [1.165, 1.54) is 5.56 Å². The van der Waals surface area contributed by atoms with Crippen molar-refractivity contribution < 1.29 is 9.53 Å². The lowest BCUT2D eigenvalue weighted by Crippen LogP contribution is -2.33. The lowest BCUT2D eigenvalue weighted by molar-refractivity contribution is -0.139. The Morgan fingerprint density at radius 3 is 1.91 bits per heavy atom. The van der Waals surface area contributed by atoms with Crippen LogP contribution in [0.2, 0.25) is 0 Å². The van der Waals surface area contributed by atoms with Crippen molar-refractivity contribution in [2.45, 2.75) is 38.0 Å². The first kappa shape index (κ1) is 22.0. The van der Waals surface area contributed by atoms with Crippen LogP contribution in [0.25, 0.3) is 11.4 Å². The molecule has 0 radical (unpaired) electrons. The van der Waals surface area contributed by atoms with Crippen LogP contribution in [-0.2, 0) is 10.2 Å². The lowest BCUT2D eigenvalue weighted by Gasteiger charge is -2.36. The topological polar surface area (TPSA) is 52.1 Å². The van der Waals surface area contributed by atoms with Gasteiger partial charge in [0, 0.05) is 17.8 Å². The first-order valence-electron chi connectivity index (χ1n) is 11.8. The fourth-order valence-corrected chi connectivity index (χ4v) is 5.36. The van der Waals surface area contributed by atoms with E-state index in [0.717, 1.165) is 28.9 Å². The van der Waals surface area contributed by atoms with E-state index in [-0.39, 0.29) is 17.8 Å². The van der Waals surface area contributed by atoms with Crippen LogP contribution in [0.3, 0.4) is 0 Å². The molecule has 0 fully saturated rings. The number of nitrogens with zero attached hydrogens (tertiary/aromatic N) is 2. The molecule has 2 heterocycles. The smallest absolute Gasteiger partial charge is 0.314 e. The van der Waals surface area contributed by atoms with Crippen LogP contribution < -0.4 is 4.74 Å². The first-order chi connectivity index (χ1) is 16.6. The number of hydrogen-bond donors (Lipinski definition) is 0. The molecule has 0 unspecified atom stereocenters. The Morgan fingerprint density at radius 2 is 1.32 bits per heavy atom. The highest BCUT2D eigenvalue weighted by Gasteiger charge is 2.47. The highest BCUT2D eigenvalue weighted by atomic mass is 16.5. The molecule has 2 aromatic carbocycles. The minimum Gasteiger partial charge on any atom is -0.426 e. The summed E-state index contributed by atoms with van der Waals surface area (Å²) in [6.45, 7) is 4.22. The third-order valence-electron chi connectivity index (χ3n) is 6.91. The van der Waals surface area contributed by atoms with Crippen LogP contribution in [0.5, 0.6) is 5.75 Å². The van der Waals surface area contributed by atoms with Gasteiger partial charge in [0.15, 0.2) is 0 Å². The Labute approximate surface area is 200 Å². The molecule has 5 rings (SSSR count). The monoisotopic (exact) mass is 448 g/mol. The van der Waals surface area contributed by atoms with Crippen LogP contribution in [0, 0.1) is 5.92 Å². The summed E-state index contributed by atoms with van der Waals surface area (Å²) in [4.78, 5) is 22.6. The normalized spacial score (nSPS) is 15.1. The molecule has 170 valence electrons. The zero-order chi connectivity index (χ0) is 23.5. The number of rotatable bonds is 7. The van der Waals surface area contributed by atoms with Crippen molar-refractivity contribution in [2.24, 2.45) is 5.92 Å². The van der Waals surface area contributed by atoms with Gasteiger partial charge >= 0.3 is 5.97 Å². The second kappa shape index (κ2) is 9.22. The molecule has 0 spiro atoms. The van der Waals surface area contributed by atoms with E-state index in [1.807, 2.05) is 67.8 Å². The molecular weight excluding hydrogens is 420 g/mol. The SMILES string of the molecule is C[C@@H](CC1(C[C@H](C)c2ccccc2)c2cccnc2-c2ncccc21)C(=O)Oc1ccccc1. The molecule has 0 N–H and O–H groups in total. The van der Waals surface area contributed by atoms with Gasteiger partial charge in [-0.2, -0.15) is 0 Å². The molecule has 1 aliphatic carbocycles. The Hall–Kier alpha value is -3.79. The van der Waals surface area contributed by atoms with E-state index in [2.05, 4.69) is 43.3 Å². The van der Waals surface area contributed by atoms with Crippen molar-refractivity contribution in [3.63, 3.8) is 0 Å². The van der Waals surface area contributed by atoms with Crippen LogP contribution in [0.1, 0.15) is 49.3 Å². The number of aromatic nitrogens is 2. The fourth-order valence-electron chi connectivity index (χ4n) is 5.36. The average Bonchev–Trinajstić information content (AvgIpc) is 3.15. The Balaban J connectivity index is 1.55. The molecular formula is C30H28N2O2. The van der Waals surface area contributed by atoms with Gasteiger partial charge in [-0.05, 0) is 59.7 Å². The summed E-state index contributed by atoms with van der Waals surface area (Å²) >= 11 is 0. The molecule has 2 atom stereocenters. The van der Waals surface area contributed by atoms with E-state index in [9.17, 15) is 4.79 Å². The van der Waals surface area contributed by atoms with Gasteiger partial charge in [-0.25, -0.2) is 0 Å². The van der Waals surface area contributed by atoms with Gasteiger partial charge in [0.2, 0.25) is 0 Å². The second-order valence-electron chi connectivity index (χ2n) is 9.24. The van der Waals surface area contributed by atoms with Gasteiger partial charge < -0.3 is 4.74 Å². The van der Waals surface area contributed by atoms with Gasteiger partial charge in [-0.15, -0.1) is 0 Å². The number of pyridine rings is 2. The quantitative estimate of drug-likeness (QED) is 0.237. The standard InChI is InChI=1S/C30H28N2O2/c1-21(23-11-5-3-6-12-23)19-30(20-22(2)29(33)34-24-13-7-4-8-14-24)25-15-9-17-31-27(25)28-26(30)16-10-18-32-28/h3-18,21-22H,19-20H2,1-2H3/t21-,22-/m0/s1. The van der Waals surface area contributed by atoms with E-state index in [0.29, 0.717) is 12.2 Å². The first-order valence-corrected chi connectivity index (χ1v) is 11.8. The van der Waals surface area contributed by atoms with Gasteiger partial charge in [0.25, 0.3) is 0 Å². The summed E-state index contributed by atoms with van der Waals surface area (Å²) < 4.78 is 5.73. The number of carbonyl (C=O) groups excluding carboxylic acids is 1. The fraction of sp³-hybridized carbons (Fsp3) is 0.233. The minimum absolute atomic E-state index is 0.222. The Kier molecular flexibility index (Phi) is 5.97. The average molecular weight is 449 g/mol. The lowest BCUT2D eigenvalue weighted by atomic mass is 9.67. The van der Waals surface area contributed by atoms with Crippen LogP contribution in [0.4, 0.5) is 0 Å². The highest BCUT2D eigenvalue weighted by molar-refractivity contribution is 5.78. The second-order valence-corrected chi connectivity index (χ2v) is 9.24. The third kappa shape index (κ3) is 4.01. The summed E-state index contributed by atoms with van der Waals surface area (Å²) in [6.07, 6.45) is 5.10. The number of benzene rings is 2. The van der Waals surface area contributed by atoms with Crippen molar-refractivity contribution in [2.75, 3.05) is 0 Å². The molecule has 34 heavy (non-hydrogen) atoms. The molecule has 4 aromatic rings. The number of fused-ring (bicyclic) bond motifs is 3. The van der Waals surface area contributed by atoms with E-state index in [1.54, 1.807) is 0 Å². The maximum Gasteiger partial charge on any atom is 0.314 e. The van der Waals surface area contributed by atoms with Gasteiger partial charge in [-0.1, -0.05) is 74.5 Å². The number of hydrogen-bond acceptors (Lipinski definition) is 4. The minimum atomic E-state index is -0.391. The van der Waals surface area contributed by atoms with Crippen molar-refractivity contribution >= 4 is 5.97 Å². The van der Waals surface area contributed by atoms with Crippen molar-refractivity contribution in [1.29, 1.82) is 0 Å². The predicted octanol–water partition coefficient (Wildman–Crippen LogP) is 6.57. The zero-order valence-electron chi connectivity index (χ0n) is 19.5. The van der Waals surface area contributed by atoms with Gasteiger partial charge in [-0.3, -0.25) is 14.8 Å². The number of ether oxygens (including phenoxy) is 1. The van der Waals surface area contributed by atoms with E-state index in [4.69, 9.17) is 14.7 Å². The predicted molar refractivity (Wildman–Crippen MR) is 134 cm³/mol. The molecule has 4 heteroatoms. The summed E-state index contributed by atoms with van der Waals surface area (Å²) in [7, 11) is 0. The summed E-state index contributed by atoms with van der Waals surface area (Å²) in [5.74, 6) is 0.308. The number of carbonyl (C=O) groups is 1. The van der Waals surface area contributed by atoms with E-state index >= 15 is 0 Å². The van der Waals surface area contributed by atoms with Crippen molar-refractivity contribution in [3.8, 4) is 17.1 Å². The van der Waals surface area contributed by atoms with E-state index < -0.39 is 5.41 Å². The van der Waals surface area contributed by atoms with Crippen LogP contribution >= 0.6 is 0 Å². The number of esters is 1. The zero-order valence-corrected chi connectivity index (χ0v) is 19.5. The third-order valence-corrected chi connectivity index (χ3v) is 6.91. The summed E-state index contributed by atoms with van der Waals surface area (Å²) in [5.41, 5.74) is 5.02. The molecule has 1 aliphatic rings. The van der Waals surface area contributed by atoms with Crippen molar-refractivity contribution in [1.82, 2.24) is 9.97 Å². The maximum absolute atomic E-state index is 13.2. The van der Waals surface area contributed by atoms with Crippen LogP contribution in [-0.4, -0.2) is 15.9 Å². The maximum atomic E-state index is 13.2. The van der Waals surface area contributed by atoms with Gasteiger partial charge in [0.1, 0.15) is 5.75 Å². The van der Waals surface area contributed by atoms with Crippen molar-refractivity contribution in [3.05, 3.63) is 114 Å².